The molecule has 0 amide bonds. The highest BCUT2D eigenvalue weighted by atomic mass is 28.4. The third-order valence-electron chi connectivity index (χ3n) is 10.7. The van der Waals surface area contributed by atoms with Crippen molar-refractivity contribution in [2.24, 2.45) is 11.3 Å². The van der Waals surface area contributed by atoms with Gasteiger partial charge in [-0.15, -0.1) is 0 Å². The van der Waals surface area contributed by atoms with E-state index in [9.17, 15) is 9.90 Å². The van der Waals surface area contributed by atoms with Crippen molar-refractivity contribution in [3.63, 3.8) is 0 Å². The second-order valence-electron chi connectivity index (χ2n) is 16.1. The maximum absolute atomic E-state index is 12.6. The van der Waals surface area contributed by atoms with Gasteiger partial charge in [0.15, 0.2) is 8.32 Å². The molecule has 4 atom stereocenters. The second kappa shape index (κ2) is 22.6. The molecule has 300 valence electrons. The fourth-order valence-electron chi connectivity index (χ4n) is 7.42. The molecule has 0 aliphatic rings. The van der Waals surface area contributed by atoms with Crippen LogP contribution in [0.25, 0.3) is 0 Å². The van der Waals surface area contributed by atoms with Crippen LogP contribution in [-0.2, 0) is 36.6 Å². The van der Waals surface area contributed by atoms with E-state index >= 15 is 0 Å². The van der Waals surface area contributed by atoms with E-state index < -0.39 is 25.9 Å². The van der Waals surface area contributed by atoms with Crippen LogP contribution in [0.2, 0.25) is 16.6 Å². The average Bonchev–Trinajstić information content (AvgIpc) is 3.12. The summed E-state index contributed by atoms with van der Waals surface area (Å²) in [6.07, 6.45) is 2.35. The van der Waals surface area contributed by atoms with E-state index in [1.807, 2.05) is 62.4 Å². The molecule has 0 spiro atoms. The molecule has 2 aromatic carbocycles. The Hall–Kier alpha value is -2.69. The predicted octanol–water partition coefficient (Wildman–Crippen LogP) is 10.5. The van der Waals surface area contributed by atoms with Crippen molar-refractivity contribution in [1.82, 2.24) is 0 Å². The number of aliphatic hydroxyl groups is 1. The lowest BCUT2D eigenvalue weighted by molar-refractivity contribution is -0.161. The van der Waals surface area contributed by atoms with Gasteiger partial charge in [-0.3, -0.25) is 4.79 Å². The summed E-state index contributed by atoms with van der Waals surface area (Å²) >= 11 is 0. The van der Waals surface area contributed by atoms with Crippen LogP contribution < -0.4 is 9.47 Å². The predicted molar refractivity (Wildman–Crippen MR) is 218 cm³/mol. The zero-order valence-electron chi connectivity index (χ0n) is 35.2. The third kappa shape index (κ3) is 14.5. The molecule has 0 bridgehead atoms. The Bertz CT molecular complexity index is 1330. The normalized spacial score (nSPS) is 15.1. The Morgan fingerprint density at radius 1 is 0.811 bits per heavy atom. The summed E-state index contributed by atoms with van der Waals surface area (Å²) in [5.41, 5.74) is 4.05. The number of esters is 1. The van der Waals surface area contributed by atoms with E-state index in [0.717, 1.165) is 34.6 Å². The van der Waals surface area contributed by atoms with Gasteiger partial charge < -0.3 is 33.2 Å². The molecule has 0 saturated heterocycles. The minimum atomic E-state index is -2.03. The van der Waals surface area contributed by atoms with Crippen molar-refractivity contribution < 1.29 is 38.0 Å². The zero-order valence-corrected chi connectivity index (χ0v) is 36.2. The number of ether oxygens (including phenoxy) is 5. The largest absolute Gasteiger partial charge is 0.497 e. The van der Waals surface area contributed by atoms with E-state index in [-0.39, 0.29) is 30.8 Å². The first-order valence-electron chi connectivity index (χ1n) is 19.7. The van der Waals surface area contributed by atoms with Crippen molar-refractivity contribution in [2.75, 3.05) is 27.4 Å². The van der Waals surface area contributed by atoms with E-state index in [4.69, 9.17) is 28.1 Å². The maximum atomic E-state index is 12.6. The molecule has 0 aliphatic carbocycles. The first kappa shape index (κ1) is 46.5. The highest BCUT2D eigenvalue weighted by Crippen LogP contribution is 2.42. The molecular formula is C44H72O8Si. The van der Waals surface area contributed by atoms with Crippen LogP contribution in [0, 0.1) is 11.3 Å². The Labute approximate surface area is 323 Å². The molecule has 0 aromatic heterocycles. The van der Waals surface area contributed by atoms with Crippen LogP contribution in [0.15, 0.2) is 60.2 Å². The Morgan fingerprint density at radius 3 is 1.77 bits per heavy atom. The summed E-state index contributed by atoms with van der Waals surface area (Å²) in [6, 6.07) is 15.6. The summed E-state index contributed by atoms with van der Waals surface area (Å²) in [5.74, 6) is 1.48. The summed E-state index contributed by atoms with van der Waals surface area (Å²) in [6.45, 7) is 25.8. The van der Waals surface area contributed by atoms with Gasteiger partial charge in [-0.05, 0) is 76.9 Å². The molecule has 0 radical (unpaired) electrons. The lowest BCUT2D eigenvalue weighted by Gasteiger charge is -2.43. The Kier molecular flexibility index (Phi) is 19.8. The molecule has 0 aliphatic heterocycles. The zero-order chi connectivity index (χ0) is 39.8. The molecule has 1 N–H and O–H groups in total. The van der Waals surface area contributed by atoms with Crippen molar-refractivity contribution in [2.45, 2.75) is 150 Å². The molecule has 9 heteroatoms. The van der Waals surface area contributed by atoms with Gasteiger partial charge in [0, 0.05) is 31.3 Å². The van der Waals surface area contributed by atoms with Gasteiger partial charge >= 0.3 is 5.97 Å². The first-order valence-corrected chi connectivity index (χ1v) is 21.8. The van der Waals surface area contributed by atoms with Crippen LogP contribution in [0.1, 0.15) is 113 Å². The highest BCUT2D eigenvalue weighted by molar-refractivity contribution is 6.77. The van der Waals surface area contributed by atoms with Gasteiger partial charge in [-0.2, -0.15) is 0 Å². The van der Waals surface area contributed by atoms with Gasteiger partial charge in [-0.25, -0.2) is 0 Å². The summed E-state index contributed by atoms with van der Waals surface area (Å²) in [7, 11) is 1.26. The van der Waals surface area contributed by atoms with Crippen molar-refractivity contribution in [1.29, 1.82) is 0 Å². The molecule has 2 rings (SSSR count). The SMILES string of the molecule is CCC(=O)O[C@H](C[C@@H](O)C[C@@H](OCc1ccc(OC)cc1)/C(C)=C\[C@H](CC)CO[Si](C(C)C)(C(C)C)C(C)C)C(C)(C)COCc1ccc(OC)cc1. The number of hydrogen-bond acceptors (Lipinski definition) is 8. The number of rotatable bonds is 25. The Balaban J connectivity index is 2.30. The minimum absolute atomic E-state index is 0.211. The van der Waals surface area contributed by atoms with Crippen molar-refractivity contribution in [3.8, 4) is 11.5 Å². The molecule has 0 saturated carbocycles. The topological polar surface area (TPSA) is 92.7 Å². The van der Waals surface area contributed by atoms with Gasteiger partial charge in [0.05, 0.1) is 46.2 Å². The van der Waals surface area contributed by atoms with E-state index in [1.54, 1.807) is 21.1 Å². The first-order chi connectivity index (χ1) is 25.0. The number of carbonyl (C=O) groups is 1. The average molecular weight is 757 g/mol. The number of benzene rings is 2. The molecule has 2 aromatic rings. The minimum Gasteiger partial charge on any atom is -0.497 e. The summed E-state index contributed by atoms with van der Waals surface area (Å²) < 4.78 is 36.4. The number of hydrogen-bond donors (Lipinski definition) is 1. The molecule has 53 heavy (non-hydrogen) atoms. The lowest BCUT2D eigenvalue weighted by Crippen LogP contribution is -2.48. The Morgan fingerprint density at radius 2 is 1.32 bits per heavy atom. The lowest BCUT2D eigenvalue weighted by atomic mass is 9.83. The van der Waals surface area contributed by atoms with E-state index in [0.29, 0.717) is 49.5 Å². The summed E-state index contributed by atoms with van der Waals surface area (Å²) in [4.78, 5) is 12.6. The van der Waals surface area contributed by atoms with Crippen LogP contribution in [0.3, 0.4) is 0 Å². The second-order valence-corrected chi connectivity index (χ2v) is 21.6. The molecular weight excluding hydrogens is 685 g/mol. The van der Waals surface area contributed by atoms with E-state index in [2.05, 4.69) is 61.5 Å². The van der Waals surface area contributed by atoms with Crippen molar-refractivity contribution >= 4 is 14.3 Å². The smallest absolute Gasteiger partial charge is 0.305 e. The number of carbonyl (C=O) groups excluding carboxylic acids is 1. The fraction of sp³-hybridized carbons (Fsp3) is 0.659. The molecule has 0 unspecified atom stereocenters. The highest BCUT2D eigenvalue weighted by Gasteiger charge is 2.45. The van der Waals surface area contributed by atoms with Gasteiger partial charge in [0.25, 0.3) is 0 Å². The molecule has 0 heterocycles. The van der Waals surface area contributed by atoms with E-state index in [1.165, 1.54) is 0 Å². The number of methoxy groups -OCH3 is 2. The van der Waals surface area contributed by atoms with Gasteiger partial charge in [0.2, 0.25) is 0 Å². The molecule has 8 nitrogen and oxygen atoms in total. The maximum Gasteiger partial charge on any atom is 0.305 e. The van der Waals surface area contributed by atoms with Crippen molar-refractivity contribution in [3.05, 3.63) is 71.3 Å². The summed E-state index contributed by atoms with van der Waals surface area (Å²) in [5, 5.41) is 11.7. The van der Waals surface area contributed by atoms with Gasteiger partial charge in [-0.1, -0.05) is 99.6 Å². The quantitative estimate of drug-likeness (QED) is 0.0608. The van der Waals surface area contributed by atoms with Crippen LogP contribution in [-0.4, -0.2) is 65.1 Å². The van der Waals surface area contributed by atoms with Crippen LogP contribution >= 0.6 is 0 Å². The molecule has 0 fully saturated rings. The number of aliphatic hydroxyl groups excluding tert-OH is 1. The third-order valence-corrected chi connectivity index (χ3v) is 16.8. The standard InChI is InChI=1S/C44H72O8Si/c1-14-35(29-51-53(31(3)4,32(5)6)33(7)8)24-34(9)41(50-28-37-18-22-40(48-13)23-19-37)25-38(45)26-42(52-43(46)15-2)44(10,11)30-49-27-36-16-20-39(47-12)21-17-36/h16-24,31-33,35,38,41-42,45H,14-15,25-30H2,1-13H3/b34-24-/t35-,38-,41+,42+/m0/s1. The monoisotopic (exact) mass is 756 g/mol. The van der Waals surface area contributed by atoms with Gasteiger partial charge in [0.1, 0.15) is 17.6 Å². The fourth-order valence-corrected chi connectivity index (χ4v) is 12.9. The van der Waals surface area contributed by atoms with Crippen LogP contribution in [0.4, 0.5) is 0 Å². The van der Waals surface area contributed by atoms with Crippen LogP contribution in [0.5, 0.6) is 11.5 Å².